The number of ether oxygens (including phenoxy) is 1. The highest BCUT2D eigenvalue weighted by Gasteiger charge is 2.21. The highest BCUT2D eigenvalue weighted by molar-refractivity contribution is 5.74. The van der Waals surface area contributed by atoms with Crippen molar-refractivity contribution in [1.29, 1.82) is 0 Å². The Labute approximate surface area is 98.3 Å². The number of hydrogen-bond acceptors (Lipinski definition) is 2. The fourth-order valence-corrected chi connectivity index (χ4v) is 1.84. The van der Waals surface area contributed by atoms with Crippen molar-refractivity contribution in [1.82, 2.24) is 10.2 Å². The topological polar surface area (TPSA) is 41.6 Å². The Kier molecular flexibility index (Phi) is 4.59. The van der Waals surface area contributed by atoms with Gasteiger partial charge in [0.1, 0.15) is 0 Å². The van der Waals surface area contributed by atoms with Gasteiger partial charge in [-0.15, -0.1) is 0 Å². The Morgan fingerprint density at radius 2 is 2.19 bits per heavy atom. The first-order valence-corrected chi connectivity index (χ1v) is 5.99. The van der Waals surface area contributed by atoms with Gasteiger partial charge < -0.3 is 15.0 Å². The number of carbonyl (C=O) groups excluding carboxylic acids is 1. The summed E-state index contributed by atoms with van der Waals surface area (Å²) in [4.78, 5) is 13.6. The lowest BCUT2D eigenvalue weighted by Crippen LogP contribution is -2.48. The number of nitrogens with zero attached hydrogens (tertiary/aromatic N) is 1. The SMILES string of the molecule is CN(CC1CCCOC1)C(=O)NC(C)(C)C. The quantitative estimate of drug-likeness (QED) is 0.783. The molecule has 0 saturated carbocycles. The van der Waals surface area contributed by atoms with Gasteiger partial charge in [0.05, 0.1) is 6.61 Å². The second-order valence-electron chi connectivity index (χ2n) is 5.64. The van der Waals surface area contributed by atoms with Gasteiger partial charge in [-0.1, -0.05) is 0 Å². The fourth-order valence-electron chi connectivity index (χ4n) is 1.84. The normalized spacial score (nSPS) is 21.6. The summed E-state index contributed by atoms with van der Waals surface area (Å²) in [6, 6.07) is -0.00178. The first kappa shape index (κ1) is 13.3. The summed E-state index contributed by atoms with van der Waals surface area (Å²) in [5.74, 6) is 0.490. The number of urea groups is 1. The van der Waals surface area contributed by atoms with Crippen LogP contribution in [0.25, 0.3) is 0 Å². The molecule has 1 aliphatic heterocycles. The molecule has 94 valence electrons. The molecular weight excluding hydrogens is 204 g/mol. The van der Waals surface area contributed by atoms with E-state index in [9.17, 15) is 4.79 Å². The first-order valence-electron chi connectivity index (χ1n) is 5.99. The second kappa shape index (κ2) is 5.53. The minimum Gasteiger partial charge on any atom is -0.381 e. The van der Waals surface area contributed by atoms with Crippen LogP contribution in [0.2, 0.25) is 0 Å². The number of rotatable bonds is 2. The van der Waals surface area contributed by atoms with Crippen LogP contribution in [0.5, 0.6) is 0 Å². The number of nitrogens with one attached hydrogen (secondary N) is 1. The van der Waals surface area contributed by atoms with Crippen LogP contribution in [0, 0.1) is 5.92 Å². The molecule has 2 amide bonds. The number of amides is 2. The van der Waals surface area contributed by atoms with E-state index < -0.39 is 0 Å². The van der Waals surface area contributed by atoms with E-state index in [0.29, 0.717) is 5.92 Å². The van der Waals surface area contributed by atoms with Gasteiger partial charge in [-0.3, -0.25) is 0 Å². The third-order valence-corrected chi connectivity index (χ3v) is 2.62. The van der Waals surface area contributed by atoms with Crippen LogP contribution in [-0.2, 0) is 4.74 Å². The molecule has 1 N–H and O–H groups in total. The number of hydrogen-bond donors (Lipinski definition) is 1. The van der Waals surface area contributed by atoms with E-state index in [1.54, 1.807) is 4.90 Å². The molecule has 1 aliphatic rings. The van der Waals surface area contributed by atoms with Gasteiger partial charge >= 0.3 is 6.03 Å². The molecule has 1 fully saturated rings. The highest BCUT2D eigenvalue weighted by Crippen LogP contribution is 2.14. The van der Waals surface area contributed by atoms with Crippen LogP contribution < -0.4 is 5.32 Å². The summed E-state index contributed by atoms with van der Waals surface area (Å²) >= 11 is 0. The van der Waals surface area contributed by atoms with Gasteiger partial charge in [0, 0.05) is 31.7 Å². The van der Waals surface area contributed by atoms with Gasteiger partial charge in [0.25, 0.3) is 0 Å². The predicted molar refractivity (Wildman–Crippen MR) is 64.5 cm³/mol. The molecule has 0 aliphatic carbocycles. The minimum absolute atomic E-state index is 0.00178. The average molecular weight is 228 g/mol. The maximum absolute atomic E-state index is 11.8. The molecule has 1 saturated heterocycles. The maximum atomic E-state index is 11.8. The molecule has 0 radical (unpaired) electrons. The Bertz CT molecular complexity index is 230. The highest BCUT2D eigenvalue weighted by atomic mass is 16.5. The van der Waals surface area contributed by atoms with Crippen molar-refractivity contribution in [3.05, 3.63) is 0 Å². The molecular formula is C12H24N2O2. The zero-order chi connectivity index (χ0) is 12.2. The molecule has 0 spiro atoms. The zero-order valence-corrected chi connectivity index (χ0v) is 10.9. The molecule has 1 rings (SSSR count). The Balaban J connectivity index is 2.33. The summed E-state index contributed by atoms with van der Waals surface area (Å²) in [6.45, 7) is 8.40. The predicted octanol–water partition coefficient (Wildman–Crippen LogP) is 1.85. The van der Waals surface area contributed by atoms with Crippen molar-refractivity contribution in [2.45, 2.75) is 39.2 Å². The zero-order valence-electron chi connectivity index (χ0n) is 10.9. The average Bonchev–Trinajstić information content (AvgIpc) is 2.16. The Morgan fingerprint density at radius 3 is 2.69 bits per heavy atom. The Hall–Kier alpha value is -0.770. The summed E-state index contributed by atoms with van der Waals surface area (Å²) in [6.07, 6.45) is 2.27. The van der Waals surface area contributed by atoms with Gasteiger partial charge in [-0.2, -0.15) is 0 Å². The standard InChI is InChI=1S/C12H24N2O2/c1-12(2,3)13-11(15)14(4)8-10-6-5-7-16-9-10/h10H,5-9H2,1-4H3,(H,13,15). The smallest absolute Gasteiger partial charge is 0.317 e. The van der Waals surface area contributed by atoms with Crippen LogP contribution >= 0.6 is 0 Å². The first-order chi connectivity index (χ1) is 7.38. The molecule has 4 nitrogen and oxygen atoms in total. The molecule has 0 aromatic rings. The lowest BCUT2D eigenvalue weighted by molar-refractivity contribution is 0.0454. The third-order valence-electron chi connectivity index (χ3n) is 2.62. The summed E-state index contributed by atoms with van der Waals surface area (Å²) in [5, 5.41) is 2.95. The lowest BCUT2D eigenvalue weighted by Gasteiger charge is -2.30. The van der Waals surface area contributed by atoms with E-state index >= 15 is 0 Å². The summed E-state index contributed by atoms with van der Waals surface area (Å²) < 4.78 is 5.41. The van der Waals surface area contributed by atoms with E-state index in [2.05, 4.69) is 5.32 Å². The molecule has 0 bridgehead atoms. The lowest BCUT2D eigenvalue weighted by atomic mass is 10.0. The van der Waals surface area contributed by atoms with Crippen molar-refractivity contribution < 1.29 is 9.53 Å². The van der Waals surface area contributed by atoms with Crippen LogP contribution in [0.4, 0.5) is 4.79 Å². The molecule has 1 heterocycles. The maximum Gasteiger partial charge on any atom is 0.317 e. The van der Waals surface area contributed by atoms with Crippen molar-refractivity contribution in [2.24, 2.45) is 5.92 Å². The second-order valence-corrected chi connectivity index (χ2v) is 5.64. The number of carbonyl (C=O) groups is 1. The summed E-state index contributed by atoms with van der Waals surface area (Å²) in [5.41, 5.74) is -0.172. The summed E-state index contributed by atoms with van der Waals surface area (Å²) in [7, 11) is 1.84. The molecule has 4 heteroatoms. The minimum atomic E-state index is -0.172. The Morgan fingerprint density at radius 1 is 1.50 bits per heavy atom. The van der Waals surface area contributed by atoms with Gasteiger partial charge in [0.15, 0.2) is 0 Å². The van der Waals surface area contributed by atoms with Crippen LogP contribution in [0.1, 0.15) is 33.6 Å². The molecule has 0 aromatic heterocycles. The van der Waals surface area contributed by atoms with E-state index in [4.69, 9.17) is 4.74 Å². The van der Waals surface area contributed by atoms with Crippen LogP contribution in [0.15, 0.2) is 0 Å². The molecule has 0 aromatic carbocycles. The van der Waals surface area contributed by atoms with E-state index in [1.165, 1.54) is 0 Å². The van der Waals surface area contributed by atoms with Gasteiger partial charge in [0.2, 0.25) is 0 Å². The van der Waals surface area contributed by atoms with Crippen LogP contribution in [-0.4, -0.2) is 43.3 Å². The van der Waals surface area contributed by atoms with E-state index in [1.807, 2.05) is 27.8 Å². The molecule has 1 atom stereocenters. The largest absolute Gasteiger partial charge is 0.381 e. The van der Waals surface area contributed by atoms with Crippen molar-refractivity contribution in [3.63, 3.8) is 0 Å². The van der Waals surface area contributed by atoms with Crippen molar-refractivity contribution in [3.8, 4) is 0 Å². The molecule has 1 unspecified atom stereocenters. The van der Waals surface area contributed by atoms with Gasteiger partial charge in [-0.05, 0) is 33.6 Å². The monoisotopic (exact) mass is 228 g/mol. The fraction of sp³-hybridized carbons (Fsp3) is 0.917. The van der Waals surface area contributed by atoms with Gasteiger partial charge in [-0.25, -0.2) is 4.79 Å². The van der Waals surface area contributed by atoms with E-state index in [-0.39, 0.29) is 11.6 Å². The van der Waals surface area contributed by atoms with Crippen molar-refractivity contribution in [2.75, 3.05) is 26.8 Å². The molecule has 16 heavy (non-hydrogen) atoms. The van der Waals surface area contributed by atoms with Crippen molar-refractivity contribution >= 4 is 6.03 Å². The van der Waals surface area contributed by atoms with E-state index in [0.717, 1.165) is 32.6 Å². The van der Waals surface area contributed by atoms with Crippen LogP contribution in [0.3, 0.4) is 0 Å². The third kappa shape index (κ3) is 4.84.